The van der Waals surface area contributed by atoms with Crippen LogP contribution >= 0.6 is 27.7 Å². The van der Waals surface area contributed by atoms with Gasteiger partial charge in [-0.25, -0.2) is 0 Å². The molecule has 0 saturated carbocycles. The van der Waals surface area contributed by atoms with Crippen LogP contribution in [0.3, 0.4) is 0 Å². The van der Waals surface area contributed by atoms with E-state index in [2.05, 4.69) is 22.0 Å². The molecule has 0 aliphatic rings. The standard InChI is InChI=1S/C12H12BrNOS/c1-3-16-11(8-14)12(13)9-4-6-10(15-2)7-5-9/h4-7H,3H2,1-2H3/b12-11+. The van der Waals surface area contributed by atoms with Gasteiger partial charge in [0.15, 0.2) is 0 Å². The van der Waals surface area contributed by atoms with Crippen LogP contribution in [0.1, 0.15) is 12.5 Å². The van der Waals surface area contributed by atoms with E-state index < -0.39 is 0 Å². The molecule has 0 aromatic heterocycles. The molecule has 1 rings (SSSR count). The summed E-state index contributed by atoms with van der Waals surface area (Å²) in [6.07, 6.45) is 0. The maximum atomic E-state index is 9.01. The molecule has 4 heteroatoms. The number of benzene rings is 1. The van der Waals surface area contributed by atoms with Gasteiger partial charge in [-0.05, 0) is 39.4 Å². The van der Waals surface area contributed by atoms with Crippen LogP contribution in [0.2, 0.25) is 0 Å². The lowest BCUT2D eigenvalue weighted by molar-refractivity contribution is 0.415. The molecular weight excluding hydrogens is 286 g/mol. The van der Waals surface area contributed by atoms with Crippen LogP contribution in [-0.2, 0) is 0 Å². The highest BCUT2D eigenvalue weighted by atomic mass is 79.9. The van der Waals surface area contributed by atoms with Gasteiger partial charge in [-0.3, -0.25) is 0 Å². The van der Waals surface area contributed by atoms with E-state index in [4.69, 9.17) is 10.00 Å². The summed E-state index contributed by atoms with van der Waals surface area (Å²) in [6.45, 7) is 2.02. The average Bonchev–Trinajstić information content (AvgIpc) is 2.35. The maximum absolute atomic E-state index is 9.01. The molecule has 16 heavy (non-hydrogen) atoms. The SMILES string of the molecule is CCS/C(C#N)=C(/Br)c1ccc(OC)cc1. The maximum Gasteiger partial charge on any atom is 0.118 e. The summed E-state index contributed by atoms with van der Waals surface area (Å²) in [5.41, 5.74) is 0.985. The molecule has 0 bridgehead atoms. The second-order valence-corrected chi connectivity index (χ2v) is 4.98. The van der Waals surface area contributed by atoms with Crippen LogP contribution in [0.25, 0.3) is 4.48 Å². The monoisotopic (exact) mass is 297 g/mol. The summed E-state index contributed by atoms with van der Waals surface area (Å²) in [5, 5.41) is 9.01. The van der Waals surface area contributed by atoms with Crippen molar-refractivity contribution >= 4 is 32.2 Å². The van der Waals surface area contributed by atoms with Gasteiger partial charge in [-0.15, -0.1) is 11.8 Å². The largest absolute Gasteiger partial charge is 0.497 e. The van der Waals surface area contributed by atoms with E-state index in [1.807, 2.05) is 31.2 Å². The first-order valence-electron chi connectivity index (χ1n) is 4.80. The van der Waals surface area contributed by atoms with Crippen molar-refractivity contribution in [1.29, 1.82) is 5.26 Å². The molecule has 0 atom stereocenters. The lowest BCUT2D eigenvalue weighted by atomic mass is 10.2. The van der Waals surface area contributed by atoms with Crippen LogP contribution in [0.5, 0.6) is 5.75 Å². The zero-order valence-electron chi connectivity index (χ0n) is 9.16. The molecule has 0 saturated heterocycles. The minimum atomic E-state index is 0.702. The number of thioether (sulfide) groups is 1. The Morgan fingerprint density at radius 1 is 1.44 bits per heavy atom. The van der Waals surface area contributed by atoms with Crippen molar-refractivity contribution in [3.8, 4) is 11.8 Å². The Labute approximate surface area is 108 Å². The third-order valence-corrected chi connectivity index (χ3v) is 3.92. The van der Waals surface area contributed by atoms with Gasteiger partial charge < -0.3 is 4.74 Å². The lowest BCUT2D eigenvalue weighted by Gasteiger charge is -2.04. The Balaban J connectivity index is 3.03. The van der Waals surface area contributed by atoms with Gasteiger partial charge in [0.1, 0.15) is 11.8 Å². The molecule has 1 aromatic carbocycles. The number of allylic oxidation sites excluding steroid dienone is 1. The van der Waals surface area contributed by atoms with Gasteiger partial charge in [0.2, 0.25) is 0 Å². The molecule has 0 heterocycles. The Kier molecular flexibility index (Phi) is 5.44. The minimum absolute atomic E-state index is 0.702. The van der Waals surface area contributed by atoms with E-state index in [0.717, 1.165) is 21.5 Å². The number of nitriles is 1. The first-order valence-corrected chi connectivity index (χ1v) is 6.57. The van der Waals surface area contributed by atoms with E-state index in [9.17, 15) is 0 Å². The molecule has 0 radical (unpaired) electrons. The zero-order valence-corrected chi connectivity index (χ0v) is 11.6. The molecule has 0 fully saturated rings. The number of ether oxygens (including phenoxy) is 1. The van der Waals surface area contributed by atoms with E-state index in [0.29, 0.717) is 4.91 Å². The van der Waals surface area contributed by atoms with Gasteiger partial charge in [0.25, 0.3) is 0 Å². The fourth-order valence-corrected chi connectivity index (χ4v) is 2.45. The zero-order chi connectivity index (χ0) is 12.0. The minimum Gasteiger partial charge on any atom is -0.497 e. The van der Waals surface area contributed by atoms with E-state index in [1.54, 1.807) is 7.11 Å². The number of halogens is 1. The molecule has 0 spiro atoms. The molecule has 2 nitrogen and oxygen atoms in total. The third kappa shape index (κ3) is 3.29. The summed E-state index contributed by atoms with van der Waals surface area (Å²) >= 11 is 4.99. The Bertz CT molecular complexity index is 420. The van der Waals surface area contributed by atoms with E-state index in [1.165, 1.54) is 11.8 Å². The summed E-state index contributed by atoms with van der Waals surface area (Å²) in [7, 11) is 1.63. The van der Waals surface area contributed by atoms with E-state index in [-0.39, 0.29) is 0 Å². The molecule has 1 aromatic rings. The normalized spacial score (nSPS) is 11.6. The second-order valence-electron chi connectivity index (χ2n) is 2.92. The molecule has 0 aliphatic carbocycles. The quantitative estimate of drug-likeness (QED) is 0.787. The van der Waals surface area contributed by atoms with Crippen LogP contribution in [0, 0.1) is 11.3 Å². The Morgan fingerprint density at radius 2 is 2.06 bits per heavy atom. The van der Waals surface area contributed by atoms with Crippen molar-refractivity contribution in [3.63, 3.8) is 0 Å². The third-order valence-electron chi connectivity index (χ3n) is 1.93. The molecule has 84 valence electrons. The molecule has 0 amide bonds. The molecule has 0 unspecified atom stereocenters. The Morgan fingerprint density at radius 3 is 2.50 bits per heavy atom. The highest BCUT2D eigenvalue weighted by Crippen LogP contribution is 2.31. The molecule has 0 aliphatic heterocycles. The smallest absolute Gasteiger partial charge is 0.118 e. The highest BCUT2D eigenvalue weighted by molar-refractivity contribution is 9.15. The van der Waals surface area contributed by atoms with Crippen molar-refractivity contribution in [3.05, 3.63) is 34.7 Å². The predicted molar refractivity (Wildman–Crippen MR) is 72.6 cm³/mol. The van der Waals surface area contributed by atoms with Crippen molar-refractivity contribution < 1.29 is 4.74 Å². The van der Waals surface area contributed by atoms with Crippen molar-refractivity contribution in [2.75, 3.05) is 12.9 Å². The van der Waals surface area contributed by atoms with Crippen LogP contribution in [-0.4, -0.2) is 12.9 Å². The average molecular weight is 298 g/mol. The highest BCUT2D eigenvalue weighted by Gasteiger charge is 2.06. The van der Waals surface area contributed by atoms with Gasteiger partial charge >= 0.3 is 0 Å². The molecule has 0 N–H and O–H groups in total. The van der Waals surface area contributed by atoms with Gasteiger partial charge in [-0.2, -0.15) is 5.26 Å². The second kappa shape index (κ2) is 6.62. The fourth-order valence-electron chi connectivity index (χ4n) is 1.16. The first-order chi connectivity index (χ1) is 7.72. The number of methoxy groups -OCH3 is 1. The summed E-state index contributed by atoms with van der Waals surface area (Å²) in [5.74, 6) is 1.69. The van der Waals surface area contributed by atoms with Gasteiger partial charge in [-0.1, -0.05) is 19.1 Å². The number of hydrogen-bond acceptors (Lipinski definition) is 3. The van der Waals surface area contributed by atoms with Gasteiger partial charge in [0.05, 0.1) is 12.0 Å². The predicted octanol–water partition coefficient (Wildman–Crippen LogP) is 4.04. The number of hydrogen-bond donors (Lipinski definition) is 0. The first kappa shape index (κ1) is 13.1. The number of rotatable bonds is 4. The fraction of sp³-hybridized carbons (Fsp3) is 0.250. The summed E-state index contributed by atoms with van der Waals surface area (Å²) < 4.78 is 5.92. The summed E-state index contributed by atoms with van der Waals surface area (Å²) in [4.78, 5) is 0.702. The van der Waals surface area contributed by atoms with E-state index >= 15 is 0 Å². The molecular formula is C12H12BrNOS. The van der Waals surface area contributed by atoms with Crippen LogP contribution in [0.15, 0.2) is 29.2 Å². The van der Waals surface area contributed by atoms with Gasteiger partial charge in [0, 0.05) is 4.48 Å². The lowest BCUT2D eigenvalue weighted by Crippen LogP contribution is -1.85. The Hall–Kier alpha value is -0.920. The number of nitrogens with zero attached hydrogens (tertiary/aromatic N) is 1. The van der Waals surface area contributed by atoms with Crippen molar-refractivity contribution in [2.24, 2.45) is 0 Å². The topological polar surface area (TPSA) is 33.0 Å². The van der Waals surface area contributed by atoms with Crippen LogP contribution < -0.4 is 4.74 Å². The van der Waals surface area contributed by atoms with Crippen molar-refractivity contribution in [1.82, 2.24) is 0 Å². The van der Waals surface area contributed by atoms with Crippen molar-refractivity contribution in [2.45, 2.75) is 6.92 Å². The summed E-state index contributed by atoms with van der Waals surface area (Å²) in [6, 6.07) is 9.80. The van der Waals surface area contributed by atoms with Crippen LogP contribution in [0.4, 0.5) is 0 Å².